The highest BCUT2D eigenvalue weighted by Crippen LogP contribution is 2.25. The van der Waals surface area contributed by atoms with Crippen molar-refractivity contribution in [2.75, 3.05) is 7.05 Å². The van der Waals surface area contributed by atoms with Gasteiger partial charge in [0.15, 0.2) is 6.20 Å². The smallest absolute Gasteiger partial charge is 0.207 e. The number of rotatable bonds is 5. The third-order valence-electron chi connectivity index (χ3n) is 4.97. The van der Waals surface area contributed by atoms with Crippen LogP contribution in [-0.2, 0) is 12.0 Å². The van der Waals surface area contributed by atoms with E-state index in [1.165, 1.54) is 21.7 Å². The number of hydrogen-bond donors (Lipinski definition) is 0. The van der Waals surface area contributed by atoms with Crippen LogP contribution in [0, 0.1) is 0 Å². The van der Waals surface area contributed by atoms with E-state index in [4.69, 9.17) is 0 Å². The summed E-state index contributed by atoms with van der Waals surface area (Å²) in [4.78, 5) is 4.58. The van der Waals surface area contributed by atoms with Crippen LogP contribution in [0.3, 0.4) is 0 Å². The summed E-state index contributed by atoms with van der Waals surface area (Å²) in [6.45, 7) is 11.8. The summed E-state index contributed by atoms with van der Waals surface area (Å²) in [6.07, 6.45) is 10.9. The van der Waals surface area contributed by atoms with E-state index >= 15 is 0 Å². The second-order valence-corrected chi connectivity index (χ2v) is 6.91. The summed E-state index contributed by atoms with van der Waals surface area (Å²) in [7, 11) is 1.87. The molecule has 1 aromatic carbocycles. The van der Waals surface area contributed by atoms with E-state index in [2.05, 4.69) is 111 Å². The van der Waals surface area contributed by atoms with Crippen molar-refractivity contribution in [1.82, 2.24) is 0 Å². The van der Waals surface area contributed by atoms with Gasteiger partial charge in [-0.2, -0.15) is 4.57 Å². The molecule has 0 unspecified atom stereocenters. The Hall–Kier alpha value is -2.48. The molecule has 2 nitrogen and oxygen atoms in total. The third-order valence-corrected chi connectivity index (χ3v) is 4.97. The fraction of sp³-hybridized carbons (Fsp3) is 0.333. The highest BCUT2D eigenvalue weighted by atomic mass is 14.9. The van der Waals surface area contributed by atoms with E-state index in [9.17, 15) is 0 Å². The van der Waals surface area contributed by atoms with Crippen LogP contribution in [0.5, 0.6) is 0 Å². The molecule has 0 aliphatic carbocycles. The van der Waals surface area contributed by atoms with Gasteiger partial charge < -0.3 is 0 Å². The zero-order chi connectivity index (χ0) is 19.2. The van der Waals surface area contributed by atoms with Gasteiger partial charge in [-0.3, -0.25) is 4.99 Å². The minimum Gasteiger partial charge on any atom is -0.292 e. The molecule has 0 aliphatic heterocycles. The highest BCUT2D eigenvalue weighted by molar-refractivity contribution is 6.05. The van der Waals surface area contributed by atoms with Crippen molar-refractivity contribution in [2.45, 2.75) is 46.6 Å². The van der Waals surface area contributed by atoms with Crippen molar-refractivity contribution in [3.63, 3.8) is 0 Å². The van der Waals surface area contributed by atoms with Gasteiger partial charge in [-0.15, -0.1) is 0 Å². The number of aryl methyl sites for hydroxylation is 1. The van der Waals surface area contributed by atoms with Gasteiger partial charge in [-0.1, -0.05) is 50.3 Å². The number of nitrogens with zero attached hydrogens (tertiary/aromatic N) is 2. The van der Waals surface area contributed by atoms with Crippen molar-refractivity contribution >= 4 is 23.9 Å². The Bertz CT molecular complexity index is 917. The Morgan fingerprint density at radius 3 is 2.35 bits per heavy atom. The fourth-order valence-electron chi connectivity index (χ4n) is 3.36. The van der Waals surface area contributed by atoms with Crippen LogP contribution < -0.4 is 15.1 Å². The van der Waals surface area contributed by atoms with Crippen LogP contribution >= 0.6 is 0 Å². The normalized spacial score (nSPS) is 14.5. The molecule has 0 amide bonds. The lowest BCUT2D eigenvalue weighted by atomic mass is 9.79. The molecule has 0 radical (unpaired) electrons. The van der Waals surface area contributed by atoms with Crippen molar-refractivity contribution in [1.29, 1.82) is 0 Å². The lowest BCUT2D eigenvalue weighted by molar-refractivity contribution is -0.707. The van der Waals surface area contributed by atoms with Gasteiger partial charge in [-0.05, 0) is 50.6 Å². The zero-order valence-electron chi connectivity index (χ0n) is 17.0. The molecule has 2 rings (SSSR count). The van der Waals surface area contributed by atoms with Gasteiger partial charge in [0, 0.05) is 29.0 Å². The molecule has 0 fully saturated rings. The Labute approximate surface area is 157 Å². The molecule has 0 N–H and O–H groups in total. The first-order chi connectivity index (χ1) is 12.5. The summed E-state index contributed by atoms with van der Waals surface area (Å²) in [5, 5.41) is 2.52. The van der Waals surface area contributed by atoms with Gasteiger partial charge in [0.2, 0.25) is 5.35 Å². The number of aliphatic imine (C=N–C) groups is 1. The van der Waals surface area contributed by atoms with Crippen LogP contribution in [0.2, 0.25) is 0 Å². The maximum atomic E-state index is 4.58. The van der Waals surface area contributed by atoms with Crippen LogP contribution in [0.15, 0.2) is 53.7 Å². The molecule has 26 heavy (non-hydrogen) atoms. The van der Waals surface area contributed by atoms with Crippen LogP contribution in [-0.4, -0.2) is 12.8 Å². The predicted molar refractivity (Wildman–Crippen MR) is 114 cm³/mol. The number of allylic oxidation sites excluding steroid dienone is 1. The van der Waals surface area contributed by atoms with Gasteiger partial charge in [0.25, 0.3) is 0 Å². The van der Waals surface area contributed by atoms with Crippen LogP contribution in [0.1, 0.15) is 45.7 Å². The molecule has 136 valence electrons. The summed E-state index contributed by atoms with van der Waals surface area (Å²) >= 11 is 0. The van der Waals surface area contributed by atoms with Crippen LogP contribution in [0.4, 0.5) is 0 Å². The van der Waals surface area contributed by atoms with Crippen molar-refractivity contribution in [3.05, 3.63) is 70.4 Å². The largest absolute Gasteiger partial charge is 0.292 e. The lowest BCUT2D eigenvalue weighted by Gasteiger charge is -2.25. The highest BCUT2D eigenvalue weighted by Gasteiger charge is 2.24. The Balaban J connectivity index is 2.45. The molecule has 2 heteroatoms. The topological polar surface area (TPSA) is 16.2 Å². The quantitative estimate of drug-likeness (QED) is 0.580. The average molecular weight is 348 g/mol. The van der Waals surface area contributed by atoms with E-state index in [0.29, 0.717) is 0 Å². The maximum absolute atomic E-state index is 4.58. The summed E-state index contributed by atoms with van der Waals surface area (Å²) in [5.74, 6) is 0. The lowest BCUT2D eigenvalue weighted by Crippen LogP contribution is -2.56. The molecule has 0 spiro atoms. The Morgan fingerprint density at radius 1 is 1.12 bits per heavy atom. The van der Waals surface area contributed by atoms with Gasteiger partial charge in [-0.25, -0.2) is 0 Å². The molecule has 1 aromatic heterocycles. The van der Waals surface area contributed by atoms with Gasteiger partial charge in [0.05, 0.1) is 0 Å². The van der Waals surface area contributed by atoms with Crippen molar-refractivity contribution in [3.8, 4) is 0 Å². The van der Waals surface area contributed by atoms with E-state index in [1.807, 2.05) is 7.05 Å². The first-order valence-electron chi connectivity index (χ1n) is 9.35. The summed E-state index contributed by atoms with van der Waals surface area (Å²) in [6, 6.07) is 12.8. The zero-order valence-corrected chi connectivity index (χ0v) is 17.0. The SMILES string of the molecule is C/C=c1/cc(/C=C/C(=NC)C(C)(C)c2ccccc2)c[n+](CC)/c1=C/C. The minimum absolute atomic E-state index is 0.135. The standard InChI is InChI=1S/C24H31N2/c1-7-20-17-19(18-26(9-3)22(20)8-2)15-16-23(25-6)24(4,5)21-13-11-10-12-14-21/h7-8,10-18H,9H2,1-6H3/q+1/b16-15+,20-7-,22-8+,25-23?. The summed E-state index contributed by atoms with van der Waals surface area (Å²) < 4.78 is 2.29. The molecular weight excluding hydrogens is 316 g/mol. The minimum atomic E-state index is -0.135. The monoisotopic (exact) mass is 347 g/mol. The molecule has 0 bridgehead atoms. The molecule has 1 heterocycles. The molecule has 0 saturated carbocycles. The molecule has 0 saturated heterocycles. The predicted octanol–water partition coefficient (Wildman–Crippen LogP) is 3.66. The number of benzene rings is 1. The third kappa shape index (κ3) is 4.19. The van der Waals surface area contributed by atoms with E-state index < -0.39 is 0 Å². The number of hydrogen-bond acceptors (Lipinski definition) is 1. The fourth-order valence-corrected chi connectivity index (χ4v) is 3.36. The first-order valence-corrected chi connectivity index (χ1v) is 9.35. The Morgan fingerprint density at radius 2 is 1.81 bits per heavy atom. The second-order valence-electron chi connectivity index (χ2n) is 6.91. The molecule has 0 aliphatic rings. The first kappa shape index (κ1) is 19.8. The average Bonchev–Trinajstić information content (AvgIpc) is 2.67. The second kappa shape index (κ2) is 8.75. The number of pyridine rings is 1. The number of aromatic nitrogens is 1. The van der Waals surface area contributed by atoms with Crippen LogP contribution in [0.25, 0.3) is 18.2 Å². The van der Waals surface area contributed by atoms with E-state index in [1.54, 1.807) is 0 Å². The van der Waals surface area contributed by atoms with Crippen molar-refractivity contribution in [2.24, 2.45) is 4.99 Å². The summed E-state index contributed by atoms with van der Waals surface area (Å²) in [5.41, 5.74) is 3.40. The van der Waals surface area contributed by atoms with Gasteiger partial charge in [0.1, 0.15) is 6.54 Å². The molecule has 2 aromatic rings. The Kier molecular flexibility index (Phi) is 6.68. The maximum Gasteiger partial charge on any atom is 0.207 e. The van der Waals surface area contributed by atoms with E-state index in [-0.39, 0.29) is 5.41 Å². The van der Waals surface area contributed by atoms with Gasteiger partial charge >= 0.3 is 0 Å². The molecule has 0 atom stereocenters. The van der Waals surface area contributed by atoms with Crippen molar-refractivity contribution < 1.29 is 4.57 Å². The van der Waals surface area contributed by atoms with E-state index in [0.717, 1.165) is 12.3 Å². The molecular formula is C24H31N2+.